The van der Waals surface area contributed by atoms with E-state index in [1.165, 1.54) is 38.2 Å². The molecule has 1 aromatic rings. The highest BCUT2D eigenvalue weighted by atomic mass is 127. The minimum Gasteiger partial charge on any atom is -0.334 e. The number of nitrogens with zero attached hydrogens (tertiary/aromatic N) is 2. The number of aromatic nitrogens is 1. The topological polar surface area (TPSA) is 28.2 Å². The molecule has 0 aromatic carbocycles. The van der Waals surface area contributed by atoms with E-state index in [-0.39, 0.29) is 20.2 Å². The Morgan fingerprint density at radius 2 is 2.25 bits per heavy atom. The van der Waals surface area contributed by atoms with E-state index >= 15 is 0 Å². The van der Waals surface area contributed by atoms with Gasteiger partial charge in [-0.2, -0.15) is 0 Å². The second kappa shape index (κ2) is 6.07. The number of anilines is 1. The fourth-order valence-electron chi connectivity index (χ4n) is 3.12. The second-order valence-corrected chi connectivity index (χ2v) is 23.0. The van der Waals surface area contributed by atoms with Crippen molar-refractivity contribution in [2.75, 3.05) is 24.5 Å². The molecule has 1 spiro atoms. The molecule has 0 atom stereocenters. The van der Waals surface area contributed by atoms with Crippen LogP contribution >= 0.6 is 49.0 Å². The molecule has 2 fully saturated rings. The zero-order valence-electron chi connectivity index (χ0n) is 10.9. The number of nitrogens with one attached hydrogen (secondary N) is 1. The van der Waals surface area contributed by atoms with E-state index in [1.807, 2.05) is 17.7 Å². The van der Waals surface area contributed by atoms with Crippen LogP contribution in [0.5, 0.6) is 0 Å². The number of piperidine rings is 1. The van der Waals surface area contributed by atoms with Gasteiger partial charge in [-0.3, -0.25) is 4.98 Å². The number of fused-ring (bicyclic) bond motifs is 2. The van der Waals surface area contributed by atoms with Gasteiger partial charge in [0.05, 0.1) is 15.5 Å². The Bertz CT molecular complexity index is 609. The Kier molecular flexibility index (Phi) is 4.34. The van der Waals surface area contributed by atoms with Gasteiger partial charge >= 0.3 is 0 Å². The molecule has 0 unspecified atom stereocenters. The largest absolute Gasteiger partial charge is 0.334 e. The average Bonchev–Trinajstić information content (AvgIpc) is 2.84. The summed E-state index contributed by atoms with van der Waals surface area (Å²) in [4.78, 5) is 6.97. The number of hydrogen-bond acceptors (Lipinski definition) is 3. The summed E-state index contributed by atoms with van der Waals surface area (Å²) in [5, 5.41) is 5.39. The van der Waals surface area contributed by atoms with Crippen molar-refractivity contribution in [3.63, 3.8) is 0 Å². The molecule has 3 nitrogen and oxygen atoms in total. The summed E-state index contributed by atoms with van der Waals surface area (Å²) in [6, 6.07) is 4.31. The number of hydrogen-bond donors (Lipinski definition) is 1. The van der Waals surface area contributed by atoms with Crippen molar-refractivity contribution in [1.82, 2.24) is 10.3 Å². The van der Waals surface area contributed by atoms with E-state index < -0.39 is 0 Å². The second-order valence-electron chi connectivity index (χ2n) is 5.28. The van der Waals surface area contributed by atoms with Crippen molar-refractivity contribution in [3.05, 3.63) is 24.5 Å². The molecule has 0 bridgehead atoms. The molecular formula is C13H15I2N3P2. The highest BCUT2D eigenvalue weighted by molar-refractivity contribution is 14.3. The molecule has 4 heterocycles. The molecule has 106 valence electrons. The summed E-state index contributed by atoms with van der Waals surface area (Å²) in [5.41, 5.74) is 1.81. The Balaban J connectivity index is 1.78. The lowest BCUT2D eigenvalue weighted by atomic mass is 9.78. The van der Waals surface area contributed by atoms with Crippen molar-refractivity contribution < 1.29 is 0 Å². The number of pyridine rings is 1. The van der Waals surface area contributed by atoms with Crippen LogP contribution in [0.2, 0.25) is 0 Å². The molecule has 0 saturated carbocycles. The third-order valence-electron chi connectivity index (χ3n) is 4.18. The van der Waals surface area contributed by atoms with Gasteiger partial charge < -0.3 is 10.2 Å². The maximum absolute atomic E-state index is 4.34. The van der Waals surface area contributed by atoms with Crippen LogP contribution in [-0.2, 0) is 0 Å². The van der Waals surface area contributed by atoms with Crippen LogP contribution in [-0.4, -0.2) is 33.5 Å². The molecule has 1 aromatic heterocycles. The molecular weight excluding hydrogens is 514 g/mol. The van der Waals surface area contributed by atoms with Crippen molar-refractivity contribution in [1.29, 1.82) is 0 Å². The minimum absolute atomic E-state index is 0.224. The minimum atomic E-state index is 0.224. The molecule has 20 heavy (non-hydrogen) atoms. The third kappa shape index (κ3) is 2.47. The van der Waals surface area contributed by atoms with Crippen molar-refractivity contribution in [2.45, 2.75) is 12.8 Å². The van der Waals surface area contributed by atoms with Crippen LogP contribution in [0.3, 0.4) is 0 Å². The van der Waals surface area contributed by atoms with Gasteiger partial charge in [-0.1, -0.05) is 0 Å². The van der Waals surface area contributed by atoms with Crippen LogP contribution < -0.4 is 10.2 Å². The van der Waals surface area contributed by atoms with Gasteiger partial charge in [0.25, 0.3) is 0 Å². The van der Waals surface area contributed by atoms with Crippen molar-refractivity contribution in [3.8, 4) is 0 Å². The molecule has 1 N–H and O–H groups in total. The van der Waals surface area contributed by atoms with Crippen molar-refractivity contribution in [2.24, 2.45) is 5.41 Å². The average molecular weight is 529 g/mol. The quantitative estimate of drug-likeness (QED) is 0.438. The van der Waals surface area contributed by atoms with Crippen molar-refractivity contribution >= 4 is 63.6 Å². The van der Waals surface area contributed by atoms with E-state index in [0.717, 1.165) is 0 Å². The Hall–Kier alpha value is 0.710. The molecule has 7 heteroatoms. The lowest BCUT2D eigenvalue weighted by Gasteiger charge is -2.34. The molecule has 0 aliphatic carbocycles. The van der Waals surface area contributed by atoms with Crippen LogP contribution in [0.15, 0.2) is 24.5 Å². The molecule has 0 amide bonds. The van der Waals surface area contributed by atoms with Gasteiger partial charge in [-0.05, 0) is 83.7 Å². The molecule has 2 saturated heterocycles. The normalized spacial score (nSPS) is 25.9. The highest BCUT2D eigenvalue weighted by Crippen LogP contribution is 2.54. The molecule has 3 aliphatic rings. The van der Waals surface area contributed by atoms with Crippen LogP contribution in [0.25, 0.3) is 0 Å². The van der Waals surface area contributed by atoms with E-state index in [4.69, 9.17) is 0 Å². The maximum atomic E-state index is 4.34. The SMILES string of the molecule is c1cncc(N2CC3(CCNCC3)C3=PI=PI=C32)c1. The predicted molar refractivity (Wildman–Crippen MR) is 108 cm³/mol. The monoisotopic (exact) mass is 529 g/mol. The first-order valence-corrected chi connectivity index (χ1v) is 17.9. The molecule has 4 rings (SSSR count). The van der Waals surface area contributed by atoms with E-state index in [9.17, 15) is 0 Å². The Morgan fingerprint density at radius 1 is 1.35 bits per heavy atom. The van der Waals surface area contributed by atoms with Gasteiger partial charge in [0.15, 0.2) is 0 Å². The lowest BCUT2D eigenvalue weighted by Crippen LogP contribution is -2.41. The zero-order chi connectivity index (χ0) is 13.4. The first-order valence-electron chi connectivity index (χ1n) is 6.71. The Labute approximate surface area is 140 Å². The predicted octanol–water partition coefficient (Wildman–Crippen LogP) is 4.17. The van der Waals surface area contributed by atoms with Crippen LogP contribution in [0.1, 0.15) is 12.8 Å². The fraction of sp³-hybridized carbons (Fsp3) is 0.462. The lowest BCUT2D eigenvalue weighted by molar-refractivity contribution is 0.323. The van der Waals surface area contributed by atoms with Crippen LogP contribution in [0, 0.1) is 5.41 Å². The van der Waals surface area contributed by atoms with E-state index in [0.29, 0.717) is 25.0 Å². The van der Waals surface area contributed by atoms with Gasteiger partial charge in [-0.15, -0.1) is 0 Å². The summed E-state index contributed by atoms with van der Waals surface area (Å²) in [6.07, 6.45) is 6.60. The third-order valence-corrected chi connectivity index (χ3v) is 27.6. The first-order chi connectivity index (χ1) is 9.89. The fourth-order valence-corrected chi connectivity index (χ4v) is 29.0. The summed E-state index contributed by atoms with van der Waals surface area (Å²) < 4.78 is 3.55. The molecule has 3 aliphatic heterocycles. The van der Waals surface area contributed by atoms with Gasteiger partial charge in [0, 0.05) is 26.9 Å². The smallest absolute Gasteiger partial charge is 0.0884 e. The maximum Gasteiger partial charge on any atom is 0.0884 e. The summed E-state index contributed by atoms with van der Waals surface area (Å²) >= 11 is 0.635. The van der Waals surface area contributed by atoms with Gasteiger partial charge in [-0.25, -0.2) is 0 Å². The number of rotatable bonds is 1. The van der Waals surface area contributed by atoms with Crippen LogP contribution in [0.4, 0.5) is 5.69 Å². The number of halogens is 2. The standard InChI is InChI=1S/C13H15I2N3P2/c1-2-10(8-17-5-1)18-9-13(3-6-16-7-4-13)11-12(18)14-20-15-19-11/h1-2,5,8,16H,3-4,6-7,9H2. The zero-order valence-corrected chi connectivity index (χ0v) is 17.0. The first kappa shape index (κ1) is 14.3. The van der Waals surface area contributed by atoms with Gasteiger partial charge in [0.2, 0.25) is 0 Å². The van der Waals surface area contributed by atoms with E-state index in [1.54, 1.807) is 12.9 Å². The highest BCUT2D eigenvalue weighted by Gasteiger charge is 2.47. The summed E-state index contributed by atoms with van der Waals surface area (Å²) in [7, 11) is 0. The summed E-state index contributed by atoms with van der Waals surface area (Å²) in [6.45, 7) is 3.61. The summed E-state index contributed by atoms with van der Waals surface area (Å²) in [5.74, 6) is 1.72. The Morgan fingerprint density at radius 3 is 3.05 bits per heavy atom. The van der Waals surface area contributed by atoms with Gasteiger partial charge in [0.1, 0.15) is 0 Å². The molecule has 0 radical (unpaired) electrons. The van der Waals surface area contributed by atoms with E-state index in [2.05, 4.69) is 27.3 Å².